The van der Waals surface area contributed by atoms with Crippen molar-refractivity contribution < 1.29 is 18.7 Å². The van der Waals surface area contributed by atoms with Crippen molar-refractivity contribution in [3.8, 4) is 0 Å². The van der Waals surface area contributed by atoms with E-state index in [1.807, 2.05) is 0 Å². The summed E-state index contributed by atoms with van der Waals surface area (Å²) in [5.41, 5.74) is -0.179. The monoisotopic (exact) mass is 257 g/mol. The second-order valence-electron chi connectivity index (χ2n) is 5.14. The van der Waals surface area contributed by atoms with Crippen molar-refractivity contribution in [3.05, 3.63) is 29.3 Å². The number of carbonyl (C=O) groups is 1. The Labute approximate surface area is 105 Å². The highest BCUT2D eigenvalue weighted by molar-refractivity contribution is 5.69. The highest BCUT2D eigenvalue weighted by atomic mass is 19.2. The molecule has 1 rings (SSSR count). The van der Waals surface area contributed by atoms with Gasteiger partial charge in [0.1, 0.15) is 0 Å². The largest absolute Gasteiger partial charge is 0.481 e. The molecular formula is C13H17F2NO2. The molecule has 0 spiro atoms. The SMILES string of the molecule is CN(C)c1cc(C(C)(C)CC(=O)O)cc(F)c1F. The molecule has 0 aliphatic carbocycles. The molecule has 0 bridgehead atoms. The predicted octanol–water partition coefficient (Wildman–Crippen LogP) is 2.78. The molecule has 0 saturated heterocycles. The molecule has 1 N–H and O–H groups in total. The maximum absolute atomic E-state index is 13.6. The van der Waals surface area contributed by atoms with Gasteiger partial charge in [0.15, 0.2) is 11.6 Å². The molecule has 0 amide bonds. The molecule has 0 saturated carbocycles. The van der Waals surface area contributed by atoms with Gasteiger partial charge in [-0.25, -0.2) is 8.78 Å². The molecule has 0 atom stereocenters. The summed E-state index contributed by atoms with van der Waals surface area (Å²) in [6, 6.07) is 2.55. The predicted molar refractivity (Wildman–Crippen MR) is 66.0 cm³/mol. The first-order valence-electron chi connectivity index (χ1n) is 5.54. The Morgan fingerprint density at radius 1 is 1.33 bits per heavy atom. The van der Waals surface area contributed by atoms with Crippen LogP contribution in [-0.2, 0) is 10.2 Å². The maximum Gasteiger partial charge on any atom is 0.304 e. The van der Waals surface area contributed by atoms with Gasteiger partial charge >= 0.3 is 5.97 Å². The summed E-state index contributed by atoms with van der Waals surface area (Å²) in [5.74, 6) is -2.86. The second kappa shape index (κ2) is 4.92. The topological polar surface area (TPSA) is 40.5 Å². The molecule has 18 heavy (non-hydrogen) atoms. The minimum atomic E-state index is -0.976. The van der Waals surface area contributed by atoms with Gasteiger partial charge in [-0.1, -0.05) is 13.8 Å². The Hall–Kier alpha value is -1.65. The van der Waals surface area contributed by atoms with Crippen molar-refractivity contribution in [1.82, 2.24) is 0 Å². The summed E-state index contributed by atoms with van der Waals surface area (Å²) < 4.78 is 27.1. The smallest absolute Gasteiger partial charge is 0.304 e. The second-order valence-corrected chi connectivity index (χ2v) is 5.14. The number of aliphatic carboxylic acids is 1. The quantitative estimate of drug-likeness (QED) is 0.901. The zero-order valence-corrected chi connectivity index (χ0v) is 10.9. The van der Waals surface area contributed by atoms with Crippen molar-refractivity contribution in [2.45, 2.75) is 25.7 Å². The van der Waals surface area contributed by atoms with Crippen molar-refractivity contribution >= 4 is 11.7 Å². The van der Waals surface area contributed by atoms with Crippen LogP contribution in [0.4, 0.5) is 14.5 Å². The van der Waals surface area contributed by atoms with Crippen LogP contribution >= 0.6 is 0 Å². The summed E-state index contributed by atoms with van der Waals surface area (Å²) in [4.78, 5) is 12.2. The van der Waals surface area contributed by atoms with Crippen LogP contribution < -0.4 is 4.90 Å². The number of rotatable bonds is 4. The van der Waals surface area contributed by atoms with Crippen LogP contribution in [0.5, 0.6) is 0 Å². The van der Waals surface area contributed by atoms with Crippen molar-refractivity contribution in [3.63, 3.8) is 0 Å². The van der Waals surface area contributed by atoms with Gasteiger partial charge in [-0.05, 0) is 17.7 Å². The molecule has 3 nitrogen and oxygen atoms in total. The number of carboxylic acids is 1. The van der Waals surface area contributed by atoms with Crippen LogP contribution in [0.1, 0.15) is 25.8 Å². The van der Waals surface area contributed by atoms with Gasteiger partial charge in [0.25, 0.3) is 0 Å². The zero-order chi connectivity index (χ0) is 14.1. The third-order valence-corrected chi connectivity index (χ3v) is 2.87. The van der Waals surface area contributed by atoms with E-state index in [2.05, 4.69) is 0 Å². The number of anilines is 1. The van der Waals surface area contributed by atoms with E-state index < -0.39 is 23.0 Å². The van der Waals surface area contributed by atoms with Crippen LogP contribution in [0.2, 0.25) is 0 Å². The minimum Gasteiger partial charge on any atom is -0.481 e. The lowest BCUT2D eigenvalue weighted by Gasteiger charge is -2.25. The fraction of sp³-hybridized carbons (Fsp3) is 0.462. The standard InChI is InChI=1S/C13H17F2NO2/c1-13(2,7-11(17)18)8-5-9(14)12(15)10(6-8)16(3)4/h5-6H,7H2,1-4H3,(H,17,18). The van der Waals surface area contributed by atoms with Gasteiger partial charge in [-0.15, -0.1) is 0 Å². The fourth-order valence-electron chi connectivity index (χ4n) is 1.77. The molecule has 0 unspecified atom stereocenters. The lowest BCUT2D eigenvalue weighted by molar-refractivity contribution is -0.138. The number of hydrogen-bond acceptors (Lipinski definition) is 2. The fourth-order valence-corrected chi connectivity index (χ4v) is 1.77. The average Bonchev–Trinajstić information content (AvgIpc) is 2.19. The Kier molecular flexibility index (Phi) is 3.94. The van der Waals surface area contributed by atoms with Gasteiger partial charge in [0, 0.05) is 19.5 Å². The van der Waals surface area contributed by atoms with E-state index in [-0.39, 0.29) is 12.1 Å². The van der Waals surface area contributed by atoms with Crippen molar-refractivity contribution in [2.75, 3.05) is 19.0 Å². The minimum absolute atomic E-state index is 0.114. The van der Waals surface area contributed by atoms with E-state index in [0.717, 1.165) is 6.07 Å². The maximum atomic E-state index is 13.6. The zero-order valence-electron chi connectivity index (χ0n) is 10.9. The number of benzene rings is 1. The average molecular weight is 257 g/mol. The van der Waals surface area contributed by atoms with E-state index in [0.29, 0.717) is 5.56 Å². The van der Waals surface area contributed by atoms with Gasteiger partial charge in [-0.2, -0.15) is 0 Å². The van der Waals surface area contributed by atoms with Crippen molar-refractivity contribution in [1.29, 1.82) is 0 Å². The Bertz CT molecular complexity index is 470. The van der Waals surface area contributed by atoms with Crippen LogP contribution in [0.3, 0.4) is 0 Å². The number of carboxylic acid groups (broad SMARTS) is 1. The molecule has 100 valence electrons. The first-order chi connectivity index (χ1) is 8.15. The van der Waals surface area contributed by atoms with Crippen molar-refractivity contribution in [2.24, 2.45) is 0 Å². The lowest BCUT2D eigenvalue weighted by atomic mass is 9.81. The summed E-state index contributed by atoms with van der Waals surface area (Å²) >= 11 is 0. The summed E-state index contributed by atoms with van der Waals surface area (Å²) in [6.45, 7) is 3.38. The van der Waals surface area contributed by atoms with Gasteiger partial charge < -0.3 is 10.0 Å². The van der Waals surface area contributed by atoms with E-state index in [1.165, 1.54) is 11.0 Å². The van der Waals surface area contributed by atoms with Gasteiger partial charge in [0.2, 0.25) is 0 Å². The Balaban J connectivity index is 3.30. The highest BCUT2D eigenvalue weighted by Gasteiger charge is 2.27. The lowest BCUT2D eigenvalue weighted by Crippen LogP contribution is -2.23. The van der Waals surface area contributed by atoms with E-state index in [1.54, 1.807) is 27.9 Å². The molecule has 5 heteroatoms. The molecule has 0 fully saturated rings. The number of hydrogen-bond donors (Lipinski definition) is 1. The number of halogens is 2. The first kappa shape index (κ1) is 14.4. The summed E-state index contributed by atoms with van der Waals surface area (Å²) in [7, 11) is 3.21. The molecule has 0 radical (unpaired) electrons. The highest BCUT2D eigenvalue weighted by Crippen LogP contribution is 2.32. The molecule has 0 aliphatic heterocycles. The molecule has 1 aromatic carbocycles. The van der Waals surface area contributed by atoms with E-state index in [4.69, 9.17) is 5.11 Å². The third-order valence-electron chi connectivity index (χ3n) is 2.87. The van der Waals surface area contributed by atoms with E-state index in [9.17, 15) is 13.6 Å². The van der Waals surface area contributed by atoms with Crippen LogP contribution in [0.25, 0.3) is 0 Å². The summed E-state index contributed by atoms with van der Waals surface area (Å²) in [6.07, 6.45) is -0.148. The third kappa shape index (κ3) is 2.97. The Morgan fingerprint density at radius 2 is 1.89 bits per heavy atom. The molecular weight excluding hydrogens is 240 g/mol. The molecule has 0 aromatic heterocycles. The first-order valence-corrected chi connectivity index (χ1v) is 5.54. The van der Waals surface area contributed by atoms with Crippen LogP contribution in [0.15, 0.2) is 12.1 Å². The Morgan fingerprint density at radius 3 is 2.33 bits per heavy atom. The molecule has 0 heterocycles. The van der Waals surface area contributed by atoms with Gasteiger partial charge in [-0.3, -0.25) is 4.79 Å². The normalized spacial score (nSPS) is 11.4. The molecule has 0 aliphatic rings. The van der Waals surface area contributed by atoms with Crippen LogP contribution in [0, 0.1) is 11.6 Å². The number of nitrogens with zero attached hydrogens (tertiary/aromatic N) is 1. The summed E-state index contributed by atoms with van der Waals surface area (Å²) in [5, 5.41) is 8.83. The van der Waals surface area contributed by atoms with Crippen LogP contribution in [-0.4, -0.2) is 25.2 Å². The van der Waals surface area contributed by atoms with Gasteiger partial charge in [0.05, 0.1) is 12.1 Å². The van der Waals surface area contributed by atoms with E-state index >= 15 is 0 Å². The molecule has 1 aromatic rings.